The second kappa shape index (κ2) is 7.84. The normalized spacial score (nSPS) is 15.6. The third-order valence-corrected chi connectivity index (χ3v) is 5.11. The van der Waals surface area contributed by atoms with Crippen LogP contribution < -0.4 is 4.74 Å². The van der Waals surface area contributed by atoms with Gasteiger partial charge in [-0.3, -0.25) is 4.79 Å². The van der Waals surface area contributed by atoms with Crippen LogP contribution >= 0.6 is 0 Å². The summed E-state index contributed by atoms with van der Waals surface area (Å²) in [5, 5.41) is 16.1. The third kappa shape index (κ3) is 3.55. The smallest absolute Gasteiger partial charge is 0.281 e. The summed E-state index contributed by atoms with van der Waals surface area (Å²) < 4.78 is 17.1. The zero-order valence-electron chi connectivity index (χ0n) is 16.4. The van der Waals surface area contributed by atoms with E-state index in [4.69, 9.17) is 13.6 Å². The number of benzene rings is 2. The Morgan fingerprint density at radius 3 is 2.81 bits per heavy atom. The molecular formula is C24H17N3O4. The number of hydrogen-bond acceptors (Lipinski definition) is 6. The van der Waals surface area contributed by atoms with Gasteiger partial charge in [-0.1, -0.05) is 30.3 Å². The van der Waals surface area contributed by atoms with Gasteiger partial charge in [-0.2, -0.15) is 10.4 Å². The number of rotatable bonds is 5. The number of hydrazone groups is 1. The van der Waals surface area contributed by atoms with Gasteiger partial charge >= 0.3 is 0 Å². The zero-order chi connectivity index (χ0) is 21.2. The van der Waals surface area contributed by atoms with Gasteiger partial charge in [0.25, 0.3) is 5.91 Å². The van der Waals surface area contributed by atoms with Crippen molar-refractivity contribution in [2.75, 3.05) is 6.61 Å². The molecule has 3 heterocycles. The van der Waals surface area contributed by atoms with E-state index in [-0.39, 0.29) is 12.5 Å². The summed E-state index contributed by atoms with van der Waals surface area (Å²) in [6.45, 7) is -0.257. The molecule has 0 unspecified atom stereocenters. The number of hydrogen-bond donors (Lipinski definition) is 0. The van der Waals surface area contributed by atoms with Gasteiger partial charge in [-0.05, 0) is 36.4 Å². The van der Waals surface area contributed by atoms with Crippen molar-refractivity contribution < 1.29 is 18.4 Å². The molecule has 0 saturated heterocycles. The fourth-order valence-electron chi connectivity index (χ4n) is 3.61. The van der Waals surface area contributed by atoms with E-state index in [1.807, 2.05) is 36.4 Å². The molecule has 31 heavy (non-hydrogen) atoms. The number of fused-ring (bicyclic) bond motifs is 1. The van der Waals surface area contributed by atoms with Gasteiger partial charge in [0.2, 0.25) is 0 Å². The monoisotopic (exact) mass is 411 g/mol. The number of ether oxygens (including phenoxy) is 1. The molecule has 0 radical (unpaired) electrons. The summed E-state index contributed by atoms with van der Waals surface area (Å²) in [7, 11) is 0. The average molecular weight is 411 g/mol. The molecule has 0 bridgehead atoms. The molecular weight excluding hydrogens is 394 g/mol. The second-order valence-corrected chi connectivity index (χ2v) is 7.07. The maximum absolute atomic E-state index is 13.0. The Morgan fingerprint density at radius 2 is 2.00 bits per heavy atom. The molecule has 0 fully saturated rings. The molecule has 2 aromatic heterocycles. The van der Waals surface area contributed by atoms with Crippen LogP contribution in [0.5, 0.6) is 5.75 Å². The van der Waals surface area contributed by atoms with Crippen molar-refractivity contribution in [2.24, 2.45) is 5.10 Å². The highest BCUT2D eigenvalue weighted by atomic mass is 16.5. The molecule has 0 aliphatic carbocycles. The summed E-state index contributed by atoms with van der Waals surface area (Å²) >= 11 is 0. The van der Waals surface area contributed by atoms with Gasteiger partial charge in [-0.25, -0.2) is 5.01 Å². The van der Waals surface area contributed by atoms with Gasteiger partial charge in [0.15, 0.2) is 12.4 Å². The number of carbonyl (C=O) groups excluding carboxylic acids is 1. The Hall–Kier alpha value is -4.31. The Bertz CT molecular complexity index is 1280. The Kier molecular flexibility index (Phi) is 4.73. The first-order valence-electron chi connectivity index (χ1n) is 9.77. The first kappa shape index (κ1) is 18.7. The molecule has 1 atom stereocenters. The molecule has 2 aromatic carbocycles. The van der Waals surface area contributed by atoms with E-state index < -0.39 is 6.04 Å². The predicted molar refractivity (Wildman–Crippen MR) is 112 cm³/mol. The lowest BCUT2D eigenvalue weighted by molar-refractivity contribution is -0.135. The number of carbonyl (C=O) groups is 1. The second-order valence-electron chi connectivity index (χ2n) is 7.07. The van der Waals surface area contributed by atoms with Crippen LogP contribution in [0.2, 0.25) is 0 Å². The van der Waals surface area contributed by atoms with E-state index in [0.29, 0.717) is 35.0 Å². The van der Waals surface area contributed by atoms with E-state index in [9.17, 15) is 10.1 Å². The lowest BCUT2D eigenvalue weighted by Gasteiger charge is -2.20. The van der Waals surface area contributed by atoms with Crippen molar-refractivity contribution in [3.8, 4) is 11.8 Å². The van der Waals surface area contributed by atoms with Crippen LogP contribution in [0, 0.1) is 11.3 Å². The number of furan rings is 2. The average Bonchev–Trinajstić information content (AvgIpc) is 3.56. The first-order valence-corrected chi connectivity index (χ1v) is 9.77. The fourth-order valence-corrected chi connectivity index (χ4v) is 3.61. The molecule has 0 N–H and O–H groups in total. The molecule has 0 saturated carbocycles. The maximum atomic E-state index is 13.0. The molecule has 0 spiro atoms. The minimum atomic E-state index is -0.402. The SMILES string of the molecule is N#Cc1ccccc1OCC(=O)N1N=C(c2cc3ccccc3o2)C[C@@H]1c1ccco1. The van der Waals surface area contributed by atoms with Gasteiger partial charge in [0.1, 0.15) is 34.9 Å². The van der Waals surface area contributed by atoms with Crippen molar-refractivity contribution >= 4 is 22.6 Å². The van der Waals surface area contributed by atoms with Gasteiger partial charge in [-0.15, -0.1) is 0 Å². The minimum Gasteiger partial charge on any atom is -0.482 e. The van der Waals surface area contributed by atoms with E-state index in [1.54, 1.807) is 36.6 Å². The van der Waals surface area contributed by atoms with Crippen LogP contribution in [0.1, 0.15) is 29.5 Å². The molecule has 4 aromatic rings. The van der Waals surface area contributed by atoms with Crippen molar-refractivity contribution in [2.45, 2.75) is 12.5 Å². The standard InChI is InChI=1S/C24H17N3O4/c25-14-17-7-2-3-8-20(17)30-15-24(28)27-19(22-10-5-11-29-22)13-18(26-27)23-12-16-6-1-4-9-21(16)31-23/h1-12,19H,13,15H2/t19-/m1/s1. The summed E-state index contributed by atoms with van der Waals surface area (Å²) in [6.07, 6.45) is 2.02. The molecule has 1 aliphatic rings. The van der Waals surface area contributed by atoms with Crippen LogP contribution in [0.4, 0.5) is 0 Å². The maximum Gasteiger partial charge on any atom is 0.281 e. The van der Waals surface area contributed by atoms with Crippen LogP contribution in [0.25, 0.3) is 11.0 Å². The minimum absolute atomic E-state index is 0.257. The Morgan fingerprint density at radius 1 is 1.16 bits per heavy atom. The van der Waals surface area contributed by atoms with Gasteiger partial charge < -0.3 is 13.6 Å². The molecule has 7 nitrogen and oxygen atoms in total. The third-order valence-electron chi connectivity index (χ3n) is 5.11. The van der Waals surface area contributed by atoms with Crippen molar-refractivity contribution in [3.63, 3.8) is 0 Å². The van der Waals surface area contributed by atoms with Crippen molar-refractivity contribution in [3.05, 3.63) is 90.1 Å². The highest BCUT2D eigenvalue weighted by Gasteiger charge is 2.36. The van der Waals surface area contributed by atoms with E-state index in [2.05, 4.69) is 11.2 Å². The van der Waals surface area contributed by atoms with Crippen LogP contribution in [0.3, 0.4) is 0 Å². The zero-order valence-corrected chi connectivity index (χ0v) is 16.4. The van der Waals surface area contributed by atoms with Crippen LogP contribution in [0.15, 0.2) is 86.9 Å². The van der Waals surface area contributed by atoms with Crippen LogP contribution in [-0.2, 0) is 4.79 Å². The fraction of sp³-hybridized carbons (Fsp3) is 0.125. The highest BCUT2D eigenvalue weighted by Crippen LogP contribution is 2.34. The van der Waals surface area contributed by atoms with Crippen molar-refractivity contribution in [1.82, 2.24) is 5.01 Å². The summed E-state index contributed by atoms with van der Waals surface area (Å²) in [5.74, 6) is 1.25. The number of amides is 1. The molecule has 7 heteroatoms. The topological polar surface area (TPSA) is 92.0 Å². The summed E-state index contributed by atoms with van der Waals surface area (Å²) in [5.41, 5.74) is 1.78. The predicted octanol–water partition coefficient (Wildman–Crippen LogP) is 4.65. The lowest BCUT2D eigenvalue weighted by Crippen LogP contribution is -2.31. The van der Waals surface area contributed by atoms with Crippen LogP contribution in [-0.4, -0.2) is 23.2 Å². The number of para-hydroxylation sites is 2. The molecule has 152 valence electrons. The summed E-state index contributed by atoms with van der Waals surface area (Å²) in [4.78, 5) is 13.0. The first-order chi connectivity index (χ1) is 15.2. The quantitative estimate of drug-likeness (QED) is 0.476. The molecule has 5 rings (SSSR count). The highest BCUT2D eigenvalue weighted by molar-refractivity contribution is 6.03. The number of nitriles is 1. The van der Waals surface area contributed by atoms with Crippen molar-refractivity contribution in [1.29, 1.82) is 5.26 Å². The largest absolute Gasteiger partial charge is 0.482 e. The molecule has 1 aliphatic heterocycles. The number of nitrogens with zero attached hydrogens (tertiary/aromatic N) is 3. The van der Waals surface area contributed by atoms with E-state index >= 15 is 0 Å². The Labute approximate surface area is 177 Å². The Balaban J connectivity index is 1.42. The van der Waals surface area contributed by atoms with E-state index in [0.717, 1.165) is 11.0 Å². The van der Waals surface area contributed by atoms with Gasteiger partial charge in [0.05, 0.1) is 11.8 Å². The molecule has 1 amide bonds. The summed E-state index contributed by atoms with van der Waals surface area (Å²) in [6, 6.07) is 21.6. The van der Waals surface area contributed by atoms with E-state index in [1.165, 1.54) is 5.01 Å². The lowest BCUT2D eigenvalue weighted by atomic mass is 10.1. The van der Waals surface area contributed by atoms with Gasteiger partial charge in [0, 0.05) is 11.8 Å².